The fraction of sp³-hybridized carbons (Fsp3) is 0.400. The Morgan fingerprint density at radius 1 is 0.957 bits per heavy atom. The molecule has 238 valence electrons. The average Bonchev–Trinajstić information content (AvgIpc) is 3.68. The minimum atomic E-state index is -0.288. The third-order valence-electron chi connectivity index (χ3n) is 8.88. The quantitative estimate of drug-likeness (QED) is 0.218. The Hall–Kier alpha value is -4.93. The summed E-state index contributed by atoms with van der Waals surface area (Å²) in [5.41, 5.74) is 5.32. The first-order chi connectivity index (χ1) is 22.2. The van der Waals surface area contributed by atoms with Gasteiger partial charge in [-0.15, -0.1) is 10.2 Å². The maximum atomic E-state index is 13.5. The molecule has 7 rings (SSSR count). The predicted octanol–water partition coefficient (Wildman–Crippen LogP) is 6.68. The number of piperidine rings is 1. The molecule has 1 saturated heterocycles. The maximum Gasteiger partial charge on any atom is 0.320 e. The van der Waals surface area contributed by atoms with Crippen LogP contribution in [-0.4, -0.2) is 48.5 Å². The lowest BCUT2D eigenvalue weighted by molar-refractivity contribution is 0.171. The number of carbonyl (C=O) groups is 1. The van der Waals surface area contributed by atoms with E-state index >= 15 is 0 Å². The van der Waals surface area contributed by atoms with Crippen LogP contribution in [0, 0.1) is 6.92 Å². The molecule has 1 aliphatic carbocycles. The largest absolute Gasteiger partial charge is 0.484 e. The van der Waals surface area contributed by atoms with Crippen LogP contribution in [0.15, 0.2) is 67.0 Å². The molecule has 1 fully saturated rings. The third kappa shape index (κ3) is 6.01. The normalized spacial score (nSPS) is 18.3. The SMILES string of the molecule is Cc1ccc(-n2nc(C(C)(C)C)cc2NC(=O)N[C@H]2CC[C@@H](Oc3ccc4nnc(N5CCCCC5)n4c3)c3ccccc32)cn1. The number of rotatable bonds is 6. The zero-order valence-electron chi connectivity index (χ0n) is 26.9. The molecule has 2 aliphatic rings. The van der Waals surface area contributed by atoms with Crippen molar-refractivity contribution in [2.24, 2.45) is 0 Å². The van der Waals surface area contributed by atoms with Gasteiger partial charge in [0.25, 0.3) is 0 Å². The van der Waals surface area contributed by atoms with Gasteiger partial charge >= 0.3 is 6.03 Å². The van der Waals surface area contributed by atoms with Gasteiger partial charge in [0.05, 0.1) is 29.8 Å². The van der Waals surface area contributed by atoms with Crippen molar-refractivity contribution in [2.75, 3.05) is 23.3 Å². The Bertz CT molecular complexity index is 1850. The molecule has 2 N–H and O–H groups in total. The number of fused-ring (bicyclic) bond motifs is 2. The fourth-order valence-corrected chi connectivity index (χ4v) is 6.35. The monoisotopic (exact) mass is 619 g/mol. The molecule has 4 aromatic heterocycles. The summed E-state index contributed by atoms with van der Waals surface area (Å²) >= 11 is 0. The number of nitrogens with one attached hydrogen (secondary N) is 2. The van der Waals surface area contributed by atoms with Gasteiger partial charge in [0.1, 0.15) is 17.7 Å². The van der Waals surface area contributed by atoms with Crippen molar-refractivity contribution >= 4 is 23.4 Å². The number of anilines is 2. The minimum absolute atomic E-state index is 0.144. The van der Waals surface area contributed by atoms with Crippen molar-refractivity contribution < 1.29 is 9.53 Å². The van der Waals surface area contributed by atoms with Crippen LogP contribution in [0.4, 0.5) is 16.6 Å². The van der Waals surface area contributed by atoms with Crippen LogP contribution >= 0.6 is 0 Å². The van der Waals surface area contributed by atoms with Crippen LogP contribution in [0.25, 0.3) is 11.3 Å². The molecule has 0 bridgehead atoms. The molecule has 1 aliphatic heterocycles. The molecule has 0 saturated carbocycles. The molecular formula is C35H41N9O2. The molecule has 2 amide bonds. The van der Waals surface area contributed by atoms with Crippen molar-refractivity contribution in [3.05, 3.63) is 89.5 Å². The lowest BCUT2D eigenvalue weighted by atomic mass is 9.85. The highest BCUT2D eigenvalue weighted by molar-refractivity contribution is 5.89. The molecular weight excluding hydrogens is 578 g/mol. The molecule has 11 nitrogen and oxygen atoms in total. The lowest BCUT2D eigenvalue weighted by Crippen LogP contribution is -2.36. The Morgan fingerprint density at radius 2 is 1.76 bits per heavy atom. The van der Waals surface area contributed by atoms with E-state index in [1.165, 1.54) is 19.3 Å². The smallest absolute Gasteiger partial charge is 0.320 e. The van der Waals surface area contributed by atoms with Crippen LogP contribution < -0.4 is 20.3 Å². The van der Waals surface area contributed by atoms with E-state index in [2.05, 4.69) is 63.6 Å². The van der Waals surface area contributed by atoms with Gasteiger partial charge in [-0.1, -0.05) is 45.0 Å². The van der Waals surface area contributed by atoms with Gasteiger partial charge in [0.2, 0.25) is 5.95 Å². The van der Waals surface area contributed by atoms with E-state index in [0.29, 0.717) is 5.82 Å². The minimum Gasteiger partial charge on any atom is -0.484 e. The van der Waals surface area contributed by atoms with Crippen molar-refractivity contribution in [2.45, 2.75) is 77.4 Å². The standard InChI is InChI=1S/C35H41N9O2/c1-23-12-13-24(21-36-23)44-32(20-30(41-44)35(2,3)4)38-33(45)37-28-15-16-29(27-11-7-6-10-26(27)28)46-25-14-17-31-39-40-34(43(31)22-25)42-18-8-5-9-19-42/h6-7,10-14,17,20-22,28-29H,5,8-9,15-16,18-19H2,1-4H3,(H2,37,38,45)/t28-,29+/m0/s1. The van der Waals surface area contributed by atoms with Crippen LogP contribution in [0.5, 0.6) is 5.75 Å². The van der Waals surface area contributed by atoms with Crippen molar-refractivity contribution in [3.63, 3.8) is 0 Å². The number of amides is 2. The molecule has 11 heteroatoms. The third-order valence-corrected chi connectivity index (χ3v) is 8.88. The van der Waals surface area contributed by atoms with E-state index in [9.17, 15) is 4.79 Å². The van der Waals surface area contributed by atoms with Gasteiger partial charge in [-0.05, 0) is 74.4 Å². The van der Waals surface area contributed by atoms with Crippen molar-refractivity contribution in [1.82, 2.24) is 34.7 Å². The Morgan fingerprint density at radius 3 is 2.52 bits per heavy atom. The highest BCUT2D eigenvalue weighted by Gasteiger charge is 2.30. The number of carbonyl (C=O) groups excluding carboxylic acids is 1. The topological polar surface area (TPSA) is 114 Å². The van der Waals surface area contributed by atoms with Crippen molar-refractivity contribution in [3.8, 4) is 11.4 Å². The summed E-state index contributed by atoms with van der Waals surface area (Å²) in [4.78, 5) is 20.2. The van der Waals surface area contributed by atoms with Gasteiger partial charge in [0.15, 0.2) is 5.65 Å². The van der Waals surface area contributed by atoms with Gasteiger partial charge < -0.3 is 15.0 Å². The highest BCUT2D eigenvalue weighted by atomic mass is 16.5. The number of hydrogen-bond donors (Lipinski definition) is 2. The number of urea groups is 1. The number of nitrogens with zero attached hydrogens (tertiary/aromatic N) is 7. The molecule has 1 aromatic carbocycles. The molecule has 5 heterocycles. The second-order valence-electron chi connectivity index (χ2n) is 13.3. The molecule has 46 heavy (non-hydrogen) atoms. The number of pyridine rings is 2. The summed E-state index contributed by atoms with van der Waals surface area (Å²) in [5, 5.41) is 20.0. The Kier molecular flexibility index (Phi) is 7.84. The number of aromatic nitrogens is 6. The van der Waals surface area contributed by atoms with E-state index in [4.69, 9.17) is 9.84 Å². The van der Waals surface area contributed by atoms with Gasteiger partial charge in [-0.2, -0.15) is 5.10 Å². The van der Waals surface area contributed by atoms with Crippen LogP contribution in [0.3, 0.4) is 0 Å². The highest BCUT2D eigenvalue weighted by Crippen LogP contribution is 2.39. The zero-order valence-corrected chi connectivity index (χ0v) is 26.9. The van der Waals surface area contributed by atoms with E-state index in [-0.39, 0.29) is 23.6 Å². The van der Waals surface area contributed by atoms with Gasteiger partial charge in [-0.25, -0.2) is 9.48 Å². The van der Waals surface area contributed by atoms with Crippen LogP contribution in [0.1, 0.15) is 87.5 Å². The van der Waals surface area contributed by atoms with Crippen molar-refractivity contribution in [1.29, 1.82) is 0 Å². The summed E-state index contributed by atoms with van der Waals surface area (Å²) in [6, 6.07) is 17.5. The molecule has 2 atom stereocenters. The number of hydrogen-bond acceptors (Lipinski definition) is 7. The maximum absolute atomic E-state index is 13.5. The Balaban J connectivity index is 1.09. The summed E-state index contributed by atoms with van der Waals surface area (Å²) < 4.78 is 10.4. The van der Waals surface area contributed by atoms with E-state index in [1.54, 1.807) is 10.9 Å². The van der Waals surface area contributed by atoms with E-state index < -0.39 is 0 Å². The fourth-order valence-electron chi connectivity index (χ4n) is 6.35. The number of benzene rings is 1. The van der Waals surface area contributed by atoms with Crippen LogP contribution in [-0.2, 0) is 5.41 Å². The average molecular weight is 620 g/mol. The second kappa shape index (κ2) is 12.1. The van der Waals surface area contributed by atoms with E-state index in [0.717, 1.165) is 71.5 Å². The lowest BCUT2D eigenvalue weighted by Gasteiger charge is -2.32. The molecule has 5 aromatic rings. The number of aryl methyl sites for hydroxylation is 1. The second-order valence-corrected chi connectivity index (χ2v) is 13.3. The zero-order chi connectivity index (χ0) is 31.8. The van der Waals surface area contributed by atoms with E-state index in [1.807, 2.05) is 60.0 Å². The molecule has 0 radical (unpaired) electrons. The summed E-state index contributed by atoms with van der Waals surface area (Å²) in [5.74, 6) is 2.23. The summed E-state index contributed by atoms with van der Waals surface area (Å²) in [7, 11) is 0. The molecule has 0 unspecified atom stereocenters. The molecule has 0 spiro atoms. The predicted molar refractivity (Wildman–Crippen MR) is 178 cm³/mol. The first kappa shape index (κ1) is 29.8. The number of ether oxygens (including phenoxy) is 1. The van der Waals surface area contributed by atoms with Gasteiger partial charge in [-0.3, -0.25) is 14.7 Å². The van der Waals surface area contributed by atoms with Crippen LogP contribution in [0.2, 0.25) is 0 Å². The summed E-state index contributed by atoms with van der Waals surface area (Å²) in [6.07, 6.45) is 8.71. The summed E-state index contributed by atoms with van der Waals surface area (Å²) in [6.45, 7) is 10.2. The first-order valence-corrected chi connectivity index (χ1v) is 16.2. The van der Waals surface area contributed by atoms with Gasteiger partial charge in [0, 0.05) is 30.3 Å². The first-order valence-electron chi connectivity index (χ1n) is 16.2. The Labute approximate surface area is 269 Å².